The number of carboxylic acids is 1. The quantitative estimate of drug-likeness (QED) is 0.751. The van der Waals surface area contributed by atoms with Crippen LogP contribution >= 0.6 is 11.3 Å². The summed E-state index contributed by atoms with van der Waals surface area (Å²) in [5, 5.41) is 18.2. The number of hydrogen-bond acceptors (Lipinski definition) is 5. The molecule has 1 atom stereocenters. The van der Waals surface area contributed by atoms with Crippen molar-refractivity contribution in [1.82, 2.24) is 4.98 Å². The van der Waals surface area contributed by atoms with E-state index in [1.807, 2.05) is 0 Å². The van der Waals surface area contributed by atoms with Crippen LogP contribution in [0.15, 0.2) is 6.20 Å². The fourth-order valence-corrected chi connectivity index (χ4v) is 1.50. The van der Waals surface area contributed by atoms with Crippen molar-refractivity contribution in [2.75, 3.05) is 7.11 Å². The fraction of sp³-hybridized carbons (Fsp3) is 0.429. The number of aliphatic carboxylic acids is 1. The number of aromatic nitrogens is 1. The SMILES string of the molecule is COc1ncc([C@H](O)CC(=O)O)s1. The Balaban J connectivity index is 2.65. The first-order chi connectivity index (χ1) is 6.13. The van der Waals surface area contributed by atoms with E-state index in [0.29, 0.717) is 10.1 Å². The van der Waals surface area contributed by atoms with E-state index >= 15 is 0 Å². The number of thiazole rings is 1. The van der Waals surface area contributed by atoms with E-state index in [9.17, 15) is 9.90 Å². The summed E-state index contributed by atoms with van der Waals surface area (Å²) >= 11 is 1.14. The Kier molecular flexibility index (Phi) is 3.21. The molecule has 1 rings (SSSR count). The van der Waals surface area contributed by atoms with Gasteiger partial charge >= 0.3 is 5.97 Å². The lowest BCUT2D eigenvalue weighted by molar-refractivity contribution is -0.139. The van der Waals surface area contributed by atoms with Crippen molar-refractivity contribution in [2.24, 2.45) is 0 Å². The summed E-state index contributed by atoms with van der Waals surface area (Å²) in [6, 6.07) is 0. The minimum Gasteiger partial charge on any atom is -0.481 e. The average molecular weight is 203 g/mol. The summed E-state index contributed by atoms with van der Waals surface area (Å²) in [7, 11) is 1.46. The van der Waals surface area contributed by atoms with Crippen LogP contribution in [0.3, 0.4) is 0 Å². The molecule has 1 aromatic heterocycles. The Morgan fingerprint density at radius 1 is 1.85 bits per heavy atom. The first-order valence-electron chi connectivity index (χ1n) is 3.53. The molecule has 0 radical (unpaired) electrons. The Morgan fingerprint density at radius 3 is 3.00 bits per heavy atom. The highest BCUT2D eigenvalue weighted by atomic mass is 32.1. The van der Waals surface area contributed by atoms with Gasteiger partial charge in [0.15, 0.2) is 0 Å². The minimum absolute atomic E-state index is 0.314. The fourth-order valence-electron chi connectivity index (χ4n) is 0.784. The van der Waals surface area contributed by atoms with Gasteiger partial charge in [-0.05, 0) is 0 Å². The molecule has 72 valence electrons. The summed E-state index contributed by atoms with van der Waals surface area (Å²) in [6.07, 6.45) is 0.0986. The number of carbonyl (C=O) groups is 1. The van der Waals surface area contributed by atoms with Gasteiger partial charge in [0.25, 0.3) is 5.19 Å². The predicted octanol–water partition coefficient (Wildman–Crippen LogP) is 0.660. The summed E-state index contributed by atoms with van der Waals surface area (Å²) < 4.78 is 4.80. The van der Waals surface area contributed by atoms with Gasteiger partial charge < -0.3 is 14.9 Å². The smallest absolute Gasteiger partial charge is 0.306 e. The lowest BCUT2D eigenvalue weighted by Gasteiger charge is -2.02. The number of rotatable bonds is 4. The van der Waals surface area contributed by atoms with Crippen molar-refractivity contribution in [2.45, 2.75) is 12.5 Å². The van der Waals surface area contributed by atoms with Crippen molar-refractivity contribution in [1.29, 1.82) is 0 Å². The number of nitrogens with zero attached hydrogens (tertiary/aromatic N) is 1. The van der Waals surface area contributed by atoms with Crippen LogP contribution in [0, 0.1) is 0 Å². The van der Waals surface area contributed by atoms with Gasteiger partial charge in [0.1, 0.15) is 6.10 Å². The number of aliphatic hydroxyl groups excluding tert-OH is 1. The molecule has 0 amide bonds. The van der Waals surface area contributed by atoms with Crippen molar-refractivity contribution in [3.8, 4) is 5.19 Å². The van der Waals surface area contributed by atoms with Gasteiger partial charge in [-0.15, -0.1) is 0 Å². The van der Waals surface area contributed by atoms with E-state index in [1.54, 1.807) is 0 Å². The normalized spacial score (nSPS) is 12.5. The topological polar surface area (TPSA) is 79.7 Å². The zero-order chi connectivity index (χ0) is 9.84. The highest BCUT2D eigenvalue weighted by Gasteiger charge is 2.15. The monoisotopic (exact) mass is 203 g/mol. The van der Waals surface area contributed by atoms with E-state index in [1.165, 1.54) is 13.3 Å². The molecule has 0 fully saturated rings. The predicted molar refractivity (Wildman–Crippen MR) is 45.9 cm³/mol. The minimum atomic E-state index is -1.04. The molecule has 0 unspecified atom stereocenters. The Hall–Kier alpha value is -1.14. The molecule has 0 aromatic carbocycles. The summed E-state index contributed by atoms with van der Waals surface area (Å²) in [5.41, 5.74) is 0. The first kappa shape index (κ1) is 9.94. The number of methoxy groups -OCH3 is 1. The second-order valence-electron chi connectivity index (χ2n) is 2.35. The number of carboxylic acid groups (broad SMARTS) is 1. The van der Waals surface area contributed by atoms with Gasteiger partial charge in [0.2, 0.25) is 0 Å². The zero-order valence-corrected chi connectivity index (χ0v) is 7.74. The first-order valence-corrected chi connectivity index (χ1v) is 4.34. The van der Waals surface area contributed by atoms with Gasteiger partial charge in [0, 0.05) is 6.20 Å². The Morgan fingerprint density at radius 2 is 2.54 bits per heavy atom. The summed E-state index contributed by atoms with van der Waals surface area (Å²) in [4.78, 5) is 14.6. The van der Waals surface area contributed by atoms with Crippen molar-refractivity contribution < 1.29 is 19.7 Å². The van der Waals surface area contributed by atoms with Crippen molar-refractivity contribution in [3.63, 3.8) is 0 Å². The van der Waals surface area contributed by atoms with Crippen LogP contribution in [-0.2, 0) is 4.79 Å². The maximum atomic E-state index is 10.3. The van der Waals surface area contributed by atoms with E-state index < -0.39 is 12.1 Å². The number of aliphatic hydroxyl groups is 1. The number of ether oxygens (including phenoxy) is 1. The lowest BCUT2D eigenvalue weighted by atomic mass is 10.2. The molecular formula is C7H9NO4S. The van der Waals surface area contributed by atoms with Crippen molar-refractivity contribution in [3.05, 3.63) is 11.1 Å². The highest BCUT2D eigenvalue weighted by molar-refractivity contribution is 7.13. The molecule has 0 saturated heterocycles. The molecule has 0 aliphatic heterocycles. The standard InChI is InChI=1S/C7H9NO4S/c1-12-7-8-3-5(13-7)4(9)2-6(10)11/h3-4,9H,2H2,1H3,(H,10,11)/t4-/m1/s1. The molecule has 1 aromatic rings. The molecule has 5 nitrogen and oxygen atoms in total. The molecule has 0 aliphatic rings. The highest BCUT2D eigenvalue weighted by Crippen LogP contribution is 2.27. The van der Waals surface area contributed by atoms with Crippen LogP contribution < -0.4 is 4.74 Å². The van der Waals surface area contributed by atoms with Gasteiger partial charge in [-0.2, -0.15) is 0 Å². The molecule has 1 heterocycles. The van der Waals surface area contributed by atoms with Gasteiger partial charge in [-0.3, -0.25) is 4.79 Å². The third-order valence-electron chi connectivity index (χ3n) is 1.37. The molecule has 0 aliphatic carbocycles. The van der Waals surface area contributed by atoms with Gasteiger partial charge in [-0.1, -0.05) is 11.3 Å². The lowest BCUT2D eigenvalue weighted by Crippen LogP contribution is -2.03. The molecular weight excluding hydrogens is 194 g/mol. The zero-order valence-electron chi connectivity index (χ0n) is 6.93. The third kappa shape index (κ3) is 2.67. The molecule has 2 N–H and O–H groups in total. The van der Waals surface area contributed by atoms with Crippen molar-refractivity contribution >= 4 is 17.3 Å². The molecule has 0 bridgehead atoms. The largest absolute Gasteiger partial charge is 0.481 e. The second kappa shape index (κ2) is 4.20. The molecule has 0 spiro atoms. The van der Waals surface area contributed by atoms with E-state index in [2.05, 4.69) is 4.98 Å². The summed E-state index contributed by atoms with van der Waals surface area (Å²) in [6.45, 7) is 0. The average Bonchev–Trinajstić information content (AvgIpc) is 2.50. The van der Waals surface area contributed by atoms with E-state index in [0.717, 1.165) is 11.3 Å². The van der Waals surface area contributed by atoms with Crippen LogP contribution in [0.1, 0.15) is 17.4 Å². The maximum Gasteiger partial charge on any atom is 0.306 e. The van der Waals surface area contributed by atoms with Crippen LogP contribution in [0.4, 0.5) is 0 Å². The molecule has 13 heavy (non-hydrogen) atoms. The van der Waals surface area contributed by atoms with Crippen LogP contribution in [-0.4, -0.2) is 28.3 Å². The van der Waals surface area contributed by atoms with E-state index in [4.69, 9.17) is 9.84 Å². The summed E-state index contributed by atoms with van der Waals surface area (Å²) in [5.74, 6) is -1.04. The van der Waals surface area contributed by atoms with Gasteiger partial charge in [0.05, 0.1) is 18.4 Å². The molecule has 6 heteroatoms. The van der Waals surface area contributed by atoms with Gasteiger partial charge in [-0.25, -0.2) is 4.98 Å². The molecule has 0 saturated carbocycles. The van der Waals surface area contributed by atoms with Crippen LogP contribution in [0.2, 0.25) is 0 Å². The van der Waals surface area contributed by atoms with E-state index in [-0.39, 0.29) is 6.42 Å². The Labute approximate surface area is 78.6 Å². The number of hydrogen-bond donors (Lipinski definition) is 2. The maximum absolute atomic E-state index is 10.3. The van der Waals surface area contributed by atoms with Crippen LogP contribution in [0.5, 0.6) is 5.19 Å². The van der Waals surface area contributed by atoms with Crippen LogP contribution in [0.25, 0.3) is 0 Å². The third-order valence-corrected chi connectivity index (χ3v) is 2.43. The Bertz CT molecular complexity index is 298. The second-order valence-corrected chi connectivity index (χ2v) is 3.37.